The van der Waals surface area contributed by atoms with Gasteiger partial charge >= 0.3 is 6.18 Å². The number of benzene rings is 1. The lowest BCUT2D eigenvalue weighted by atomic mass is 10.1. The SMILES string of the molecule is O=C(NCc1ccc(Cn2cncn2)cc1)c1cccnc1OCC(F)(F)F. The van der Waals surface area contributed by atoms with Crippen molar-refractivity contribution in [1.29, 1.82) is 0 Å². The fourth-order valence-corrected chi connectivity index (χ4v) is 2.37. The lowest BCUT2D eigenvalue weighted by Crippen LogP contribution is -2.25. The van der Waals surface area contributed by atoms with Crippen molar-refractivity contribution < 1.29 is 22.7 Å². The molecular weight excluding hydrogens is 375 g/mol. The molecule has 3 aromatic rings. The van der Waals surface area contributed by atoms with E-state index in [1.54, 1.807) is 11.0 Å². The Kier molecular flexibility index (Phi) is 5.87. The maximum Gasteiger partial charge on any atom is 0.422 e. The summed E-state index contributed by atoms with van der Waals surface area (Å²) in [5.41, 5.74) is 1.78. The molecule has 146 valence electrons. The molecule has 0 saturated carbocycles. The number of carbonyl (C=O) groups excluding carboxylic acids is 1. The van der Waals surface area contributed by atoms with Gasteiger partial charge in [-0.25, -0.2) is 14.6 Å². The fourth-order valence-electron chi connectivity index (χ4n) is 2.37. The number of hydrogen-bond acceptors (Lipinski definition) is 5. The van der Waals surface area contributed by atoms with Gasteiger partial charge < -0.3 is 10.1 Å². The van der Waals surface area contributed by atoms with Crippen molar-refractivity contribution in [3.8, 4) is 5.88 Å². The molecular formula is C18H16F3N5O2. The first-order valence-electron chi connectivity index (χ1n) is 8.24. The van der Waals surface area contributed by atoms with Crippen LogP contribution in [0.1, 0.15) is 21.5 Å². The van der Waals surface area contributed by atoms with E-state index in [0.29, 0.717) is 6.54 Å². The van der Waals surface area contributed by atoms with E-state index in [-0.39, 0.29) is 18.0 Å². The van der Waals surface area contributed by atoms with E-state index in [2.05, 4.69) is 25.1 Å². The van der Waals surface area contributed by atoms with Crippen LogP contribution in [0.15, 0.2) is 55.2 Å². The summed E-state index contributed by atoms with van der Waals surface area (Å²) < 4.78 is 43.3. The number of rotatable bonds is 7. The number of alkyl halides is 3. The normalized spacial score (nSPS) is 11.2. The lowest BCUT2D eigenvalue weighted by Gasteiger charge is -2.12. The number of amides is 1. The molecule has 0 aliphatic carbocycles. The van der Waals surface area contributed by atoms with Crippen molar-refractivity contribution in [3.63, 3.8) is 0 Å². The number of ether oxygens (including phenoxy) is 1. The Bertz CT molecular complexity index is 912. The maximum absolute atomic E-state index is 12.3. The van der Waals surface area contributed by atoms with Crippen LogP contribution in [0.5, 0.6) is 5.88 Å². The van der Waals surface area contributed by atoms with Crippen molar-refractivity contribution in [2.24, 2.45) is 0 Å². The molecule has 0 unspecified atom stereocenters. The number of pyridine rings is 1. The van der Waals surface area contributed by atoms with Crippen LogP contribution in [0.4, 0.5) is 13.2 Å². The van der Waals surface area contributed by atoms with Crippen molar-refractivity contribution in [2.75, 3.05) is 6.61 Å². The highest BCUT2D eigenvalue weighted by Gasteiger charge is 2.29. The molecule has 0 fully saturated rings. The first-order chi connectivity index (χ1) is 13.4. The first kappa shape index (κ1) is 19.3. The lowest BCUT2D eigenvalue weighted by molar-refractivity contribution is -0.154. The number of nitrogens with zero attached hydrogens (tertiary/aromatic N) is 4. The molecule has 2 heterocycles. The number of nitrogens with one attached hydrogen (secondary N) is 1. The Hall–Kier alpha value is -3.43. The van der Waals surface area contributed by atoms with Gasteiger partial charge in [-0.15, -0.1) is 0 Å². The average Bonchev–Trinajstić information content (AvgIpc) is 3.18. The molecule has 1 amide bonds. The quantitative estimate of drug-likeness (QED) is 0.670. The van der Waals surface area contributed by atoms with Crippen LogP contribution in [-0.4, -0.2) is 38.4 Å². The molecule has 0 bridgehead atoms. The second kappa shape index (κ2) is 8.51. The van der Waals surface area contributed by atoms with Crippen molar-refractivity contribution in [2.45, 2.75) is 19.3 Å². The van der Waals surface area contributed by atoms with E-state index in [4.69, 9.17) is 0 Å². The minimum absolute atomic E-state index is 0.0606. The molecule has 0 saturated heterocycles. The highest BCUT2D eigenvalue weighted by Crippen LogP contribution is 2.20. The van der Waals surface area contributed by atoms with Gasteiger partial charge in [0, 0.05) is 12.7 Å². The molecule has 0 aliphatic heterocycles. The van der Waals surface area contributed by atoms with Gasteiger partial charge in [-0.05, 0) is 23.3 Å². The predicted molar refractivity (Wildman–Crippen MR) is 92.5 cm³/mol. The standard InChI is InChI=1S/C18H16F3N5O2/c19-18(20,21)10-28-17-15(2-1-7-23-17)16(27)24-8-13-3-5-14(6-4-13)9-26-12-22-11-25-26/h1-7,11-12H,8-10H2,(H,24,27). The second-order valence-electron chi connectivity index (χ2n) is 5.85. The molecule has 0 radical (unpaired) electrons. The Morgan fingerprint density at radius 2 is 1.89 bits per heavy atom. The van der Waals surface area contributed by atoms with Gasteiger partial charge in [-0.1, -0.05) is 24.3 Å². The van der Waals surface area contributed by atoms with E-state index >= 15 is 0 Å². The third-order valence-electron chi connectivity index (χ3n) is 3.68. The van der Waals surface area contributed by atoms with Gasteiger partial charge in [-0.3, -0.25) is 4.79 Å². The molecule has 1 N–H and O–H groups in total. The van der Waals surface area contributed by atoms with Gasteiger partial charge in [0.1, 0.15) is 18.2 Å². The van der Waals surface area contributed by atoms with Gasteiger partial charge in [-0.2, -0.15) is 18.3 Å². The molecule has 0 atom stereocenters. The zero-order valence-corrected chi connectivity index (χ0v) is 14.6. The summed E-state index contributed by atoms with van der Waals surface area (Å²) in [6, 6.07) is 10.3. The Balaban J connectivity index is 1.58. The average molecular weight is 391 g/mol. The molecule has 7 nitrogen and oxygen atoms in total. The zero-order chi connectivity index (χ0) is 20.0. The fraction of sp³-hybridized carbons (Fsp3) is 0.222. The Morgan fingerprint density at radius 1 is 1.14 bits per heavy atom. The largest absolute Gasteiger partial charge is 0.467 e. The highest BCUT2D eigenvalue weighted by molar-refractivity contribution is 5.96. The molecule has 2 aromatic heterocycles. The molecule has 1 aromatic carbocycles. The van der Waals surface area contributed by atoms with Crippen molar-refractivity contribution >= 4 is 5.91 Å². The van der Waals surface area contributed by atoms with Crippen LogP contribution in [0.25, 0.3) is 0 Å². The van der Waals surface area contributed by atoms with Gasteiger partial charge in [0.25, 0.3) is 5.91 Å². The summed E-state index contributed by atoms with van der Waals surface area (Å²) >= 11 is 0. The third-order valence-corrected chi connectivity index (χ3v) is 3.68. The molecule has 0 aliphatic rings. The summed E-state index contributed by atoms with van der Waals surface area (Å²) in [6.45, 7) is -0.740. The summed E-state index contributed by atoms with van der Waals surface area (Å²) in [6.07, 6.45) is -0.189. The van der Waals surface area contributed by atoms with Crippen LogP contribution in [0.3, 0.4) is 0 Å². The number of carbonyl (C=O) groups is 1. The summed E-state index contributed by atoms with van der Waals surface area (Å²) in [5.74, 6) is -0.933. The van der Waals surface area contributed by atoms with Gasteiger partial charge in [0.2, 0.25) is 5.88 Å². The van der Waals surface area contributed by atoms with E-state index in [9.17, 15) is 18.0 Å². The van der Waals surface area contributed by atoms with Crippen LogP contribution in [0, 0.1) is 0 Å². The van der Waals surface area contributed by atoms with Crippen LogP contribution >= 0.6 is 0 Å². The van der Waals surface area contributed by atoms with E-state index < -0.39 is 18.7 Å². The first-order valence-corrected chi connectivity index (χ1v) is 8.24. The summed E-state index contributed by atoms with van der Waals surface area (Å²) in [4.78, 5) is 19.9. The minimum Gasteiger partial charge on any atom is -0.467 e. The molecule has 10 heteroatoms. The molecule has 0 spiro atoms. The number of aromatic nitrogens is 4. The van der Waals surface area contributed by atoms with Crippen molar-refractivity contribution in [1.82, 2.24) is 25.1 Å². The van der Waals surface area contributed by atoms with Crippen LogP contribution in [0.2, 0.25) is 0 Å². The van der Waals surface area contributed by atoms with E-state index in [1.807, 2.05) is 24.3 Å². The smallest absolute Gasteiger partial charge is 0.422 e. The van der Waals surface area contributed by atoms with Crippen LogP contribution < -0.4 is 10.1 Å². The monoisotopic (exact) mass is 391 g/mol. The minimum atomic E-state index is -4.51. The predicted octanol–water partition coefficient (Wildman–Crippen LogP) is 2.59. The Labute approximate surface area is 158 Å². The second-order valence-corrected chi connectivity index (χ2v) is 5.85. The van der Waals surface area contributed by atoms with Crippen molar-refractivity contribution in [3.05, 3.63) is 71.9 Å². The van der Waals surface area contributed by atoms with Gasteiger partial charge in [0.05, 0.1) is 6.54 Å². The summed E-state index contributed by atoms with van der Waals surface area (Å²) in [5, 5.41) is 6.68. The highest BCUT2D eigenvalue weighted by atomic mass is 19.4. The van der Waals surface area contributed by atoms with E-state index in [0.717, 1.165) is 11.1 Å². The topological polar surface area (TPSA) is 81.9 Å². The maximum atomic E-state index is 12.3. The number of halogens is 3. The third kappa shape index (κ3) is 5.53. The summed E-state index contributed by atoms with van der Waals surface area (Å²) in [7, 11) is 0. The van der Waals surface area contributed by atoms with Crippen LogP contribution in [-0.2, 0) is 13.1 Å². The molecule has 3 rings (SSSR count). The van der Waals surface area contributed by atoms with Gasteiger partial charge in [0.15, 0.2) is 6.61 Å². The zero-order valence-electron chi connectivity index (χ0n) is 14.6. The van der Waals surface area contributed by atoms with E-state index in [1.165, 1.54) is 24.7 Å². The molecule has 28 heavy (non-hydrogen) atoms. The number of hydrogen-bond donors (Lipinski definition) is 1. The Morgan fingerprint density at radius 3 is 2.57 bits per heavy atom.